The van der Waals surface area contributed by atoms with Crippen molar-refractivity contribution in [2.75, 3.05) is 6.54 Å². The summed E-state index contributed by atoms with van der Waals surface area (Å²) in [6, 6.07) is 6.08. The second-order valence-corrected chi connectivity index (χ2v) is 8.91. The molecule has 0 spiro atoms. The van der Waals surface area contributed by atoms with Gasteiger partial charge in [0.1, 0.15) is 17.5 Å². The van der Waals surface area contributed by atoms with E-state index in [2.05, 4.69) is 29.4 Å². The largest absolute Gasteiger partial charge is 0.485 e. The Morgan fingerprint density at radius 2 is 1.96 bits per heavy atom. The van der Waals surface area contributed by atoms with E-state index in [1.54, 1.807) is 0 Å². The van der Waals surface area contributed by atoms with Crippen LogP contribution in [0.25, 0.3) is 10.9 Å². The Morgan fingerprint density at radius 1 is 1.21 bits per heavy atom. The molecule has 1 aromatic carbocycles. The fourth-order valence-electron chi connectivity index (χ4n) is 4.71. The number of aliphatic hydroxyl groups excluding tert-OH is 1. The van der Waals surface area contributed by atoms with E-state index in [4.69, 9.17) is 4.74 Å². The Kier molecular flexibility index (Phi) is 6.53. The molecule has 28 heavy (non-hydrogen) atoms. The van der Waals surface area contributed by atoms with Crippen LogP contribution >= 0.6 is 12.4 Å². The van der Waals surface area contributed by atoms with Crippen molar-refractivity contribution in [2.24, 2.45) is 5.92 Å². The van der Waals surface area contributed by atoms with E-state index in [0.29, 0.717) is 0 Å². The number of hydrogen-bond acceptors (Lipinski definition) is 4. The van der Waals surface area contributed by atoms with Gasteiger partial charge in [0.25, 0.3) is 0 Å². The first-order valence-corrected chi connectivity index (χ1v) is 10.5. The summed E-state index contributed by atoms with van der Waals surface area (Å²) in [6.45, 7) is 6.97. The van der Waals surface area contributed by atoms with Crippen molar-refractivity contribution in [3.63, 3.8) is 0 Å². The Morgan fingerprint density at radius 3 is 2.71 bits per heavy atom. The van der Waals surface area contributed by atoms with Gasteiger partial charge in [-0.15, -0.1) is 12.4 Å². The third kappa shape index (κ3) is 4.14. The minimum atomic E-state index is -0.626. The highest BCUT2D eigenvalue weighted by atomic mass is 35.5. The summed E-state index contributed by atoms with van der Waals surface area (Å²) in [7, 11) is 0. The van der Waals surface area contributed by atoms with Crippen LogP contribution in [-0.4, -0.2) is 28.3 Å². The highest BCUT2D eigenvalue weighted by molar-refractivity contribution is 5.85. The summed E-state index contributed by atoms with van der Waals surface area (Å²) in [5.74, 6) is 1.70. The van der Waals surface area contributed by atoms with E-state index in [1.807, 2.05) is 26.1 Å². The maximum atomic E-state index is 11.0. The Bertz CT molecular complexity index is 818. The van der Waals surface area contributed by atoms with E-state index >= 15 is 0 Å². The molecule has 2 aliphatic rings. The van der Waals surface area contributed by atoms with Gasteiger partial charge in [-0.1, -0.05) is 32.1 Å². The molecule has 1 aliphatic carbocycles. The second kappa shape index (κ2) is 8.56. The van der Waals surface area contributed by atoms with Gasteiger partial charge in [0, 0.05) is 17.1 Å². The average molecular weight is 405 g/mol. The average Bonchev–Trinajstić information content (AvgIpc) is 2.65. The number of nitrogens with zero attached hydrogens (tertiary/aromatic N) is 1. The number of nitrogens with one attached hydrogen (secondary N) is 1. The van der Waals surface area contributed by atoms with Gasteiger partial charge in [0.05, 0.1) is 11.6 Å². The molecule has 2 N–H and O–H groups in total. The SMILES string of the molecule is Cc1ccnc2cc3c(cc12)OC(C)(C)C(O)C3NCCC1CCCCC1.Cl. The number of hydrogen-bond donors (Lipinski definition) is 2. The van der Waals surface area contributed by atoms with Crippen LogP contribution in [0, 0.1) is 12.8 Å². The van der Waals surface area contributed by atoms with Crippen molar-refractivity contribution in [1.29, 1.82) is 0 Å². The summed E-state index contributed by atoms with van der Waals surface area (Å²) in [5.41, 5.74) is 2.55. The summed E-state index contributed by atoms with van der Waals surface area (Å²) in [4.78, 5) is 4.53. The molecule has 1 aliphatic heterocycles. The molecule has 2 heterocycles. The second-order valence-electron chi connectivity index (χ2n) is 8.91. The minimum absolute atomic E-state index is 0. The Hall–Kier alpha value is -1.36. The molecule has 4 rings (SSSR count). The summed E-state index contributed by atoms with van der Waals surface area (Å²) < 4.78 is 6.20. The number of pyridine rings is 1. The number of halogens is 1. The van der Waals surface area contributed by atoms with Crippen molar-refractivity contribution >= 4 is 23.3 Å². The lowest BCUT2D eigenvalue weighted by Gasteiger charge is -2.42. The van der Waals surface area contributed by atoms with Crippen molar-refractivity contribution in [1.82, 2.24) is 10.3 Å². The van der Waals surface area contributed by atoms with Gasteiger partial charge in [-0.05, 0) is 63.4 Å². The third-order valence-corrected chi connectivity index (χ3v) is 6.47. The molecule has 0 radical (unpaired) electrons. The quantitative estimate of drug-likeness (QED) is 0.744. The standard InChI is InChI=1S/C23H32N2O2.ClH/c1-15-9-11-24-19-13-18-20(14-17(15)19)27-23(2,3)22(26)21(18)25-12-10-16-7-5-4-6-8-16;/h9,11,13-14,16,21-22,25-26H,4-8,10,12H2,1-3H3;1H. The van der Waals surface area contributed by atoms with Gasteiger partial charge in [0.15, 0.2) is 0 Å². The number of benzene rings is 1. The maximum absolute atomic E-state index is 11.0. The van der Waals surface area contributed by atoms with Crippen LogP contribution < -0.4 is 10.1 Å². The zero-order valence-electron chi connectivity index (χ0n) is 17.2. The first kappa shape index (κ1) is 21.4. The van der Waals surface area contributed by atoms with Crippen molar-refractivity contribution in [2.45, 2.75) is 77.0 Å². The molecule has 2 atom stereocenters. The summed E-state index contributed by atoms with van der Waals surface area (Å²) in [5, 5.41) is 15.8. The number of fused-ring (bicyclic) bond motifs is 2. The normalized spacial score (nSPS) is 24.3. The van der Waals surface area contributed by atoms with Gasteiger partial charge in [-0.2, -0.15) is 0 Å². The first-order valence-electron chi connectivity index (χ1n) is 10.5. The van der Waals surface area contributed by atoms with Crippen LogP contribution in [0.15, 0.2) is 24.4 Å². The molecule has 1 fully saturated rings. The number of aryl methyl sites for hydroxylation is 1. The van der Waals surface area contributed by atoms with Crippen LogP contribution in [-0.2, 0) is 0 Å². The lowest BCUT2D eigenvalue weighted by molar-refractivity contribution is -0.0645. The smallest absolute Gasteiger partial charge is 0.131 e. The monoisotopic (exact) mass is 404 g/mol. The minimum Gasteiger partial charge on any atom is -0.485 e. The molecule has 154 valence electrons. The Balaban J connectivity index is 0.00000225. The fraction of sp³-hybridized carbons (Fsp3) is 0.609. The topological polar surface area (TPSA) is 54.4 Å². The van der Waals surface area contributed by atoms with E-state index < -0.39 is 11.7 Å². The maximum Gasteiger partial charge on any atom is 0.131 e. The zero-order chi connectivity index (χ0) is 19.0. The predicted octanol–water partition coefficient (Wildman–Crippen LogP) is 5.10. The molecule has 0 saturated heterocycles. The van der Waals surface area contributed by atoms with Gasteiger partial charge >= 0.3 is 0 Å². The van der Waals surface area contributed by atoms with Gasteiger partial charge in [-0.3, -0.25) is 4.98 Å². The first-order chi connectivity index (χ1) is 13.0. The molecule has 2 unspecified atom stereocenters. The zero-order valence-corrected chi connectivity index (χ0v) is 18.0. The van der Waals surface area contributed by atoms with Crippen molar-refractivity contribution in [3.05, 3.63) is 35.5 Å². The van der Waals surface area contributed by atoms with Gasteiger partial charge in [0.2, 0.25) is 0 Å². The van der Waals surface area contributed by atoms with Crippen LogP contribution in [0.1, 0.15) is 69.5 Å². The third-order valence-electron chi connectivity index (χ3n) is 6.47. The Labute approximate surface area is 174 Å². The molecular formula is C23H33ClN2O2. The number of rotatable bonds is 4. The van der Waals surface area contributed by atoms with E-state index in [1.165, 1.54) is 44.1 Å². The van der Waals surface area contributed by atoms with Crippen molar-refractivity contribution < 1.29 is 9.84 Å². The van der Waals surface area contributed by atoms with E-state index in [9.17, 15) is 5.11 Å². The summed E-state index contributed by atoms with van der Waals surface area (Å²) >= 11 is 0. The lowest BCUT2D eigenvalue weighted by Crippen LogP contribution is -2.52. The predicted molar refractivity (Wildman–Crippen MR) is 116 cm³/mol. The molecule has 4 nitrogen and oxygen atoms in total. The summed E-state index contributed by atoms with van der Waals surface area (Å²) in [6.07, 6.45) is 9.28. The number of ether oxygens (including phenoxy) is 1. The molecule has 2 aromatic rings. The highest BCUT2D eigenvalue weighted by Crippen LogP contribution is 2.42. The van der Waals surface area contributed by atoms with Gasteiger partial charge < -0.3 is 15.2 Å². The van der Waals surface area contributed by atoms with Crippen LogP contribution in [0.5, 0.6) is 5.75 Å². The molecule has 0 bridgehead atoms. The van der Waals surface area contributed by atoms with Crippen molar-refractivity contribution in [3.8, 4) is 5.75 Å². The van der Waals surface area contributed by atoms with Gasteiger partial charge in [-0.25, -0.2) is 0 Å². The molecule has 5 heteroatoms. The molecule has 1 saturated carbocycles. The molecular weight excluding hydrogens is 372 g/mol. The van der Waals surface area contributed by atoms with Crippen LogP contribution in [0.2, 0.25) is 0 Å². The number of aromatic nitrogens is 1. The molecule has 1 aromatic heterocycles. The number of aliphatic hydroxyl groups is 1. The highest BCUT2D eigenvalue weighted by Gasteiger charge is 2.43. The molecule has 0 amide bonds. The van der Waals surface area contributed by atoms with E-state index in [-0.39, 0.29) is 18.4 Å². The lowest BCUT2D eigenvalue weighted by atomic mass is 9.84. The fourth-order valence-corrected chi connectivity index (χ4v) is 4.71. The van der Waals surface area contributed by atoms with Crippen LogP contribution in [0.4, 0.5) is 0 Å². The van der Waals surface area contributed by atoms with Crippen LogP contribution in [0.3, 0.4) is 0 Å². The van der Waals surface area contributed by atoms with E-state index in [0.717, 1.165) is 34.7 Å².